The summed E-state index contributed by atoms with van der Waals surface area (Å²) in [4.78, 5) is 20.2. The number of hydrogen-bond acceptors (Lipinski definition) is 5. The fourth-order valence-corrected chi connectivity index (χ4v) is 1.87. The van der Waals surface area contributed by atoms with Gasteiger partial charge in [0.15, 0.2) is 0 Å². The first-order valence-corrected chi connectivity index (χ1v) is 7.54. The van der Waals surface area contributed by atoms with Gasteiger partial charge in [-0.05, 0) is 31.2 Å². The number of nitrogens with zero attached hydrogens (tertiary/aromatic N) is 2. The van der Waals surface area contributed by atoms with E-state index in [9.17, 15) is 18.0 Å². The maximum Gasteiger partial charge on any atom is 0.490 e. The average molecular weight is 388 g/mol. The van der Waals surface area contributed by atoms with Gasteiger partial charge in [-0.3, -0.25) is 9.48 Å². The number of alkyl halides is 3. The number of ether oxygens (including phenoxy) is 1. The predicted molar refractivity (Wildman–Crippen MR) is 90.0 cm³/mol. The average Bonchev–Trinajstić information content (AvgIpc) is 2.98. The van der Waals surface area contributed by atoms with E-state index in [2.05, 4.69) is 5.10 Å². The molecule has 0 spiro atoms. The maximum absolute atomic E-state index is 11.3. The number of carboxylic acids is 1. The number of aromatic nitrogens is 2. The van der Waals surface area contributed by atoms with Gasteiger partial charge >= 0.3 is 12.1 Å². The van der Waals surface area contributed by atoms with Crippen molar-refractivity contribution in [1.29, 1.82) is 0 Å². The number of carbonyl (C=O) groups is 2. The molecule has 1 aromatic heterocycles. The lowest BCUT2D eigenvalue weighted by atomic mass is 10.1. The zero-order valence-corrected chi connectivity index (χ0v) is 14.5. The van der Waals surface area contributed by atoms with Crippen LogP contribution >= 0.6 is 0 Å². The molecule has 27 heavy (non-hydrogen) atoms. The first-order chi connectivity index (χ1) is 12.4. The predicted octanol–water partition coefficient (Wildman–Crippen LogP) is 1.55. The summed E-state index contributed by atoms with van der Waals surface area (Å²) in [5.41, 5.74) is 13.1. The number of carbonyl (C=O) groups excluding carboxylic acids is 1. The number of primary amides is 1. The topological polar surface area (TPSA) is 133 Å². The van der Waals surface area contributed by atoms with Crippen LogP contribution in [0.3, 0.4) is 0 Å². The second-order valence-corrected chi connectivity index (χ2v) is 5.51. The Bertz CT molecular complexity index is 803. The van der Waals surface area contributed by atoms with Crippen molar-refractivity contribution in [3.8, 4) is 17.0 Å². The Labute approximate surface area is 152 Å². The third kappa shape index (κ3) is 6.62. The molecule has 2 rings (SSSR count). The number of halogens is 3. The summed E-state index contributed by atoms with van der Waals surface area (Å²) in [6.45, 7) is 2.25. The minimum absolute atomic E-state index is 0.0785. The highest BCUT2D eigenvalue weighted by molar-refractivity contribution is 5.94. The molecule has 0 bridgehead atoms. The summed E-state index contributed by atoms with van der Waals surface area (Å²) in [6, 6.07) is 6.84. The van der Waals surface area contributed by atoms with Gasteiger partial charge in [0, 0.05) is 30.4 Å². The molecule has 0 aliphatic carbocycles. The lowest BCUT2D eigenvalue weighted by Crippen LogP contribution is -2.24. The molecular weight excluding hydrogens is 369 g/mol. The standard InChI is InChI=1S/C14H18N4O2.C2HF3O2/c1-9(15)8-20-13-4-3-10(14(16)19)7-11(13)12-5-6-17-18(12)2;3-2(4,5)1(6)7/h3-7,9H,8,15H2,1-2H3,(H2,16,19);(H,6,7)/t9-;/m1./s1. The van der Waals surface area contributed by atoms with E-state index >= 15 is 0 Å². The molecule has 0 fully saturated rings. The van der Waals surface area contributed by atoms with Crippen LogP contribution in [0.4, 0.5) is 13.2 Å². The molecule has 1 atom stereocenters. The Kier molecular flexibility index (Phi) is 7.35. The summed E-state index contributed by atoms with van der Waals surface area (Å²) >= 11 is 0. The largest absolute Gasteiger partial charge is 0.491 e. The van der Waals surface area contributed by atoms with E-state index in [0.29, 0.717) is 17.9 Å². The van der Waals surface area contributed by atoms with Gasteiger partial charge in [0.25, 0.3) is 0 Å². The molecular formula is C16H19F3N4O4. The Balaban J connectivity index is 0.000000445. The van der Waals surface area contributed by atoms with Crippen molar-refractivity contribution in [2.24, 2.45) is 18.5 Å². The fraction of sp³-hybridized carbons (Fsp3) is 0.312. The van der Waals surface area contributed by atoms with Crippen LogP contribution in [0.5, 0.6) is 5.75 Å². The van der Waals surface area contributed by atoms with Crippen molar-refractivity contribution in [3.63, 3.8) is 0 Å². The van der Waals surface area contributed by atoms with Crippen LogP contribution in [-0.2, 0) is 11.8 Å². The second-order valence-electron chi connectivity index (χ2n) is 5.51. The van der Waals surface area contributed by atoms with E-state index in [-0.39, 0.29) is 6.04 Å². The summed E-state index contributed by atoms with van der Waals surface area (Å²) in [5, 5.41) is 11.2. The highest BCUT2D eigenvalue weighted by Gasteiger charge is 2.38. The molecule has 1 aromatic carbocycles. The minimum Gasteiger partial charge on any atom is -0.491 e. The molecule has 5 N–H and O–H groups in total. The van der Waals surface area contributed by atoms with Gasteiger partial charge in [-0.25, -0.2) is 4.79 Å². The summed E-state index contributed by atoms with van der Waals surface area (Å²) in [5.74, 6) is -2.59. The van der Waals surface area contributed by atoms with Crippen LogP contribution in [0.25, 0.3) is 11.3 Å². The smallest absolute Gasteiger partial charge is 0.490 e. The molecule has 1 heterocycles. The van der Waals surface area contributed by atoms with Crippen LogP contribution in [0.1, 0.15) is 17.3 Å². The third-order valence-corrected chi connectivity index (χ3v) is 3.11. The molecule has 0 saturated carbocycles. The van der Waals surface area contributed by atoms with E-state index in [1.807, 2.05) is 20.0 Å². The van der Waals surface area contributed by atoms with Crippen molar-refractivity contribution in [3.05, 3.63) is 36.0 Å². The van der Waals surface area contributed by atoms with Crippen molar-refractivity contribution < 1.29 is 32.6 Å². The van der Waals surface area contributed by atoms with Gasteiger partial charge in [-0.2, -0.15) is 18.3 Å². The number of aliphatic carboxylic acids is 1. The van der Waals surface area contributed by atoms with Gasteiger partial charge in [0.05, 0.1) is 5.69 Å². The Morgan fingerprint density at radius 1 is 1.33 bits per heavy atom. The summed E-state index contributed by atoms with van der Waals surface area (Å²) in [7, 11) is 1.82. The number of nitrogens with two attached hydrogens (primary N) is 2. The SMILES string of the molecule is C[C@@H](N)COc1ccc(C(N)=O)cc1-c1ccnn1C.O=C(O)C(F)(F)F. The maximum atomic E-state index is 11.3. The number of amides is 1. The quantitative estimate of drug-likeness (QED) is 0.712. The molecule has 0 aliphatic heterocycles. The highest BCUT2D eigenvalue weighted by Crippen LogP contribution is 2.30. The number of benzene rings is 1. The fourth-order valence-electron chi connectivity index (χ4n) is 1.87. The van der Waals surface area contributed by atoms with E-state index in [4.69, 9.17) is 26.1 Å². The zero-order chi connectivity index (χ0) is 20.8. The van der Waals surface area contributed by atoms with Gasteiger partial charge in [0.2, 0.25) is 5.91 Å². The monoisotopic (exact) mass is 388 g/mol. The van der Waals surface area contributed by atoms with Gasteiger partial charge < -0.3 is 21.3 Å². The molecule has 2 aromatic rings. The minimum atomic E-state index is -5.08. The van der Waals surface area contributed by atoms with Crippen molar-refractivity contribution >= 4 is 11.9 Å². The molecule has 148 valence electrons. The lowest BCUT2D eigenvalue weighted by Gasteiger charge is -2.14. The highest BCUT2D eigenvalue weighted by atomic mass is 19.4. The Morgan fingerprint density at radius 3 is 2.33 bits per heavy atom. The first-order valence-electron chi connectivity index (χ1n) is 7.54. The van der Waals surface area contributed by atoms with Crippen LogP contribution in [0, 0.1) is 0 Å². The van der Waals surface area contributed by atoms with Crippen molar-refractivity contribution in [2.75, 3.05) is 6.61 Å². The number of hydrogen-bond donors (Lipinski definition) is 3. The van der Waals surface area contributed by atoms with Gasteiger partial charge in [-0.15, -0.1) is 0 Å². The molecule has 11 heteroatoms. The molecule has 0 saturated heterocycles. The molecule has 0 unspecified atom stereocenters. The first kappa shape index (κ1) is 22.0. The van der Waals surface area contributed by atoms with Gasteiger partial charge in [-0.1, -0.05) is 0 Å². The van der Waals surface area contributed by atoms with E-state index in [1.54, 1.807) is 29.1 Å². The number of rotatable bonds is 5. The van der Waals surface area contributed by atoms with Gasteiger partial charge in [0.1, 0.15) is 12.4 Å². The number of aryl methyl sites for hydroxylation is 1. The summed E-state index contributed by atoms with van der Waals surface area (Å²) < 4.78 is 39.1. The van der Waals surface area contributed by atoms with Crippen LogP contribution < -0.4 is 16.2 Å². The van der Waals surface area contributed by atoms with Crippen molar-refractivity contribution in [1.82, 2.24) is 9.78 Å². The van der Waals surface area contributed by atoms with E-state index < -0.39 is 18.1 Å². The molecule has 8 nitrogen and oxygen atoms in total. The third-order valence-electron chi connectivity index (χ3n) is 3.11. The van der Waals surface area contributed by atoms with Crippen LogP contribution in [0.15, 0.2) is 30.5 Å². The second kappa shape index (κ2) is 9.03. The van der Waals surface area contributed by atoms with E-state index in [1.165, 1.54) is 0 Å². The molecule has 1 amide bonds. The Hall–Kier alpha value is -3.08. The molecule has 0 radical (unpaired) electrons. The lowest BCUT2D eigenvalue weighted by molar-refractivity contribution is -0.192. The van der Waals surface area contributed by atoms with Crippen LogP contribution in [0.2, 0.25) is 0 Å². The Morgan fingerprint density at radius 2 is 1.93 bits per heavy atom. The number of carboxylic acid groups (broad SMARTS) is 1. The molecule has 0 aliphatic rings. The normalized spacial score (nSPS) is 11.9. The van der Waals surface area contributed by atoms with Crippen molar-refractivity contribution in [2.45, 2.75) is 19.1 Å². The zero-order valence-electron chi connectivity index (χ0n) is 14.5. The van der Waals surface area contributed by atoms with Crippen LogP contribution in [-0.4, -0.2) is 45.6 Å². The summed E-state index contributed by atoms with van der Waals surface area (Å²) in [6.07, 6.45) is -3.40. The van der Waals surface area contributed by atoms with E-state index in [0.717, 1.165) is 11.3 Å².